The Kier molecular flexibility index (Phi) is 6.07. The molecule has 18 heavy (non-hydrogen) atoms. The van der Waals surface area contributed by atoms with E-state index in [4.69, 9.17) is 4.74 Å². The highest BCUT2D eigenvalue weighted by Crippen LogP contribution is 2.23. The van der Waals surface area contributed by atoms with E-state index in [1.54, 1.807) is 13.8 Å². The van der Waals surface area contributed by atoms with E-state index in [9.17, 15) is 9.59 Å². The van der Waals surface area contributed by atoms with Crippen molar-refractivity contribution in [2.75, 3.05) is 13.2 Å². The van der Waals surface area contributed by atoms with Crippen LogP contribution >= 0.6 is 0 Å². The molecule has 1 aliphatic carbocycles. The van der Waals surface area contributed by atoms with Gasteiger partial charge in [-0.1, -0.05) is 0 Å². The van der Waals surface area contributed by atoms with Crippen LogP contribution in [0.2, 0.25) is 0 Å². The number of ether oxygens (including phenoxy) is 1. The summed E-state index contributed by atoms with van der Waals surface area (Å²) >= 11 is 0. The van der Waals surface area contributed by atoms with Crippen molar-refractivity contribution in [2.24, 2.45) is 0 Å². The van der Waals surface area contributed by atoms with E-state index in [0.717, 1.165) is 19.4 Å². The highest BCUT2D eigenvalue weighted by Gasteiger charge is 2.31. The third-order valence-electron chi connectivity index (χ3n) is 2.95. The van der Waals surface area contributed by atoms with Gasteiger partial charge in [0.25, 0.3) is 0 Å². The van der Waals surface area contributed by atoms with E-state index >= 15 is 0 Å². The molecule has 6 heteroatoms. The molecule has 6 nitrogen and oxygen atoms in total. The molecule has 0 aromatic rings. The first-order chi connectivity index (χ1) is 8.56. The summed E-state index contributed by atoms with van der Waals surface area (Å²) in [4.78, 5) is 22.8. The molecule has 0 radical (unpaired) electrons. The lowest BCUT2D eigenvalue weighted by Crippen LogP contribution is -2.54. The molecular weight excluding hydrogens is 234 g/mol. The molecule has 3 amide bonds. The zero-order chi connectivity index (χ0) is 13.5. The average Bonchev–Trinajstić information content (AvgIpc) is 2.26. The Labute approximate surface area is 108 Å². The topological polar surface area (TPSA) is 79.5 Å². The molecule has 0 aromatic heterocycles. The molecule has 0 heterocycles. The zero-order valence-corrected chi connectivity index (χ0v) is 11.3. The average molecular weight is 257 g/mol. The lowest BCUT2D eigenvalue weighted by atomic mass is 9.88. The smallest absolute Gasteiger partial charge is 0.321 e. The normalized spacial score (nSPS) is 23.9. The first-order valence-corrected chi connectivity index (χ1v) is 6.53. The third kappa shape index (κ3) is 4.62. The van der Waals surface area contributed by atoms with Crippen molar-refractivity contribution in [3.8, 4) is 0 Å². The second-order valence-corrected chi connectivity index (χ2v) is 4.48. The summed E-state index contributed by atoms with van der Waals surface area (Å²) in [6.07, 6.45) is 2.16. The number of amides is 3. The molecule has 0 aromatic carbocycles. The van der Waals surface area contributed by atoms with Crippen LogP contribution in [-0.2, 0) is 9.53 Å². The molecule has 3 N–H and O–H groups in total. The molecule has 1 unspecified atom stereocenters. The molecule has 1 saturated carbocycles. The van der Waals surface area contributed by atoms with Crippen LogP contribution < -0.4 is 16.0 Å². The molecule has 104 valence electrons. The summed E-state index contributed by atoms with van der Waals surface area (Å²) in [5.74, 6) is -0.305. The Hall–Kier alpha value is -1.14. The number of rotatable bonds is 6. The largest absolute Gasteiger partial charge is 0.378 e. The monoisotopic (exact) mass is 257 g/mol. The third-order valence-corrected chi connectivity index (χ3v) is 2.95. The Balaban J connectivity index is 2.19. The van der Waals surface area contributed by atoms with Gasteiger partial charge in [-0.05, 0) is 33.6 Å². The van der Waals surface area contributed by atoms with Crippen LogP contribution in [-0.4, -0.2) is 43.3 Å². The maximum Gasteiger partial charge on any atom is 0.321 e. The summed E-state index contributed by atoms with van der Waals surface area (Å²) < 4.78 is 5.44. The Morgan fingerprint density at radius 3 is 2.56 bits per heavy atom. The van der Waals surface area contributed by atoms with Gasteiger partial charge in [0.15, 0.2) is 0 Å². The van der Waals surface area contributed by atoms with E-state index in [2.05, 4.69) is 16.0 Å². The molecule has 1 aliphatic rings. The molecule has 0 bridgehead atoms. The number of urea groups is 1. The number of carbonyl (C=O) groups is 2. The summed E-state index contributed by atoms with van der Waals surface area (Å²) in [5, 5.41) is 7.99. The fourth-order valence-electron chi connectivity index (χ4n) is 1.93. The molecule has 0 saturated heterocycles. The molecular formula is C12H23N3O3. The van der Waals surface area contributed by atoms with Gasteiger partial charge in [-0.15, -0.1) is 0 Å². The minimum Gasteiger partial charge on any atom is -0.378 e. The van der Waals surface area contributed by atoms with Crippen molar-refractivity contribution in [2.45, 2.75) is 51.8 Å². The minimum atomic E-state index is -0.447. The Bertz CT molecular complexity index is 290. The summed E-state index contributed by atoms with van der Waals surface area (Å²) in [6.45, 7) is 6.75. The van der Waals surface area contributed by atoms with E-state index in [1.165, 1.54) is 0 Å². The second-order valence-electron chi connectivity index (χ2n) is 4.48. The van der Waals surface area contributed by atoms with Gasteiger partial charge >= 0.3 is 6.03 Å². The zero-order valence-electron chi connectivity index (χ0n) is 11.3. The standard InChI is InChI=1S/C12H23N3O3/c1-4-13-12(17)15-11(16)8(3)14-9-6-10(7-9)18-5-2/h8-10,14H,4-7H2,1-3H3,(H2,13,15,16,17). The molecule has 1 atom stereocenters. The number of hydrogen-bond donors (Lipinski definition) is 3. The van der Waals surface area contributed by atoms with Gasteiger partial charge in [0, 0.05) is 19.2 Å². The number of imide groups is 1. The minimum absolute atomic E-state index is 0.302. The lowest BCUT2D eigenvalue weighted by Gasteiger charge is -2.36. The van der Waals surface area contributed by atoms with Gasteiger partial charge in [0.05, 0.1) is 12.1 Å². The highest BCUT2D eigenvalue weighted by molar-refractivity contribution is 5.96. The van der Waals surface area contributed by atoms with Gasteiger partial charge in [-0.25, -0.2) is 4.79 Å². The van der Waals surface area contributed by atoms with Crippen LogP contribution in [0.1, 0.15) is 33.6 Å². The second kappa shape index (κ2) is 7.33. The fourth-order valence-corrected chi connectivity index (χ4v) is 1.93. The number of hydrogen-bond acceptors (Lipinski definition) is 4. The quantitative estimate of drug-likeness (QED) is 0.642. The first kappa shape index (κ1) is 14.9. The number of carbonyl (C=O) groups excluding carboxylic acids is 2. The highest BCUT2D eigenvalue weighted by atomic mass is 16.5. The molecule has 0 aliphatic heterocycles. The number of nitrogens with one attached hydrogen (secondary N) is 3. The molecule has 1 fully saturated rings. The summed E-state index contributed by atoms with van der Waals surface area (Å²) in [7, 11) is 0. The van der Waals surface area contributed by atoms with Gasteiger partial charge in [0.1, 0.15) is 0 Å². The maximum absolute atomic E-state index is 11.6. The van der Waals surface area contributed by atoms with Crippen molar-refractivity contribution in [1.29, 1.82) is 0 Å². The molecule has 0 spiro atoms. The van der Waals surface area contributed by atoms with E-state index in [-0.39, 0.29) is 11.9 Å². The summed E-state index contributed by atoms with van der Waals surface area (Å²) in [6, 6.07) is -0.520. The van der Waals surface area contributed by atoms with E-state index in [1.807, 2.05) is 6.92 Å². The van der Waals surface area contributed by atoms with Crippen LogP contribution in [0.5, 0.6) is 0 Å². The first-order valence-electron chi connectivity index (χ1n) is 6.53. The van der Waals surface area contributed by atoms with Crippen molar-refractivity contribution in [3.63, 3.8) is 0 Å². The molecule has 1 rings (SSSR count). The van der Waals surface area contributed by atoms with Gasteiger partial charge in [0.2, 0.25) is 5.91 Å². The van der Waals surface area contributed by atoms with Crippen LogP contribution in [0.4, 0.5) is 4.79 Å². The van der Waals surface area contributed by atoms with Crippen LogP contribution in [0.15, 0.2) is 0 Å². The van der Waals surface area contributed by atoms with Gasteiger partial charge in [-0.2, -0.15) is 0 Å². The van der Waals surface area contributed by atoms with Crippen molar-refractivity contribution >= 4 is 11.9 Å². The van der Waals surface area contributed by atoms with Crippen molar-refractivity contribution in [3.05, 3.63) is 0 Å². The van der Waals surface area contributed by atoms with Crippen LogP contribution in [0.3, 0.4) is 0 Å². The predicted octanol–water partition coefficient (Wildman–Crippen LogP) is 0.378. The van der Waals surface area contributed by atoms with Crippen molar-refractivity contribution < 1.29 is 14.3 Å². The van der Waals surface area contributed by atoms with E-state index < -0.39 is 6.03 Å². The Morgan fingerprint density at radius 1 is 1.33 bits per heavy atom. The van der Waals surface area contributed by atoms with Crippen LogP contribution in [0, 0.1) is 0 Å². The van der Waals surface area contributed by atoms with Gasteiger partial charge < -0.3 is 15.4 Å². The predicted molar refractivity (Wildman–Crippen MR) is 68.2 cm³/mol. The van der Waals surface area contributed by atoms with Crippen molar-refractivity contribution in [1.82, 2.24) is 16.0 Å². The van der Waals surface area contributed by atoms with Gasteiger partial charge in [-0.3, -0.25) is 10.1 Å². The lowest BCUT2D eigenvalue weighted by molar-refractivity contribution is -0.122. The fraction of sp³-hybridized carbons (Fsp3) is 0.833. The van der Waals surface area contributed by atoms with Crippen LogP contribution in [0.25, 0.3) is 0 Å². The summed E-state index contributed by atoms with van der Waals surface area (Å²) in [5.41, 5.74) is 0. The maximum atomic E-state index is 11.6. The SMILES string of the molecule is CCNC(=O)NC(=O)C(C)NC1CC(OCC)C1. The van der Waals surface area contributed by atoms with E-state index in [0.29, 0.717) is 18.7 Å². The Morgan fingerprint density at radius 2 is 2.00 bits per heavy atom.